The molecule has 2 N–H and O–H groups in total. The van der Waals surface area contributed by atoms with E-state index >= 15 is 0 Å². The number of ether oxygens (including phenoxy) is 1. The van der Waals surface area contributed by atoms with E-state index in [0.29, 0.717) is 65.2 Å². The first kappa shape index (κ1) is 25.9. The Morgan fingerprint density at radius 2 is 1.95 bits per heavy atom. The number of nitriles is 2. The number of carbonyl (C=O) groups is 1. The number of nitrogens with one attached hydrogen (secondary N) is 2. The van der Waals surface area contributed by atoms with Gasteiger partial charge in [-0.05, 0) is 31.9 Å². The number of amides is 1. The molecule has 40 heavy (non-hydrogen) atoms. The summed E-state index contributed by atoms with van der Waals surface area (Å²) in [5, 5.41) is 30.6. The van der Waals surface area contributed by atoms with Crippen molar-refractivity contribution >= 4 is 46.6 Å². The van der Waals surface area contributed by atoms with E-state index in [1.807, 2.05) is 0 Å². The maximum Gasteiger partial charge on any atom is 0.409 e. The Balaban J connectivity index is 1.25. The van der Waals surface area contributed by atoms with E-state index in [-0.39, 0.29) is 18.1 Å². The Morgan fingerprint density at radius 3 is 2.62 bits per heavy atom. The molecule has 0 bridgehead atoms. The molecule has 2 aliphatic heterocycles. The number of nitrogens with zero attached hydrogens (tertiary/aromatic N) is 9. The Bertz CT molecular complexity index is 1550. The molecule has 3 fully saturated rings. The summed E-state index contributed by atoms with van der Waals surface area (Å²) in [6, 6.07) is 8.55. The van der Waals surface area contributed by atoms with Crippen LogP contribution in [-0.2, 0) is 4.74 Å². The molecular formula is C26H28ClN11O2. The quantitative estimate of drug-likeness (QED) is 0.457. The second-order valence-corrected chi connectivity index (χ2v) is 10.7. The van der Waals surface area contributed by atoms with Crippen LogP contribution in [0.15, 0.2) is 18.3 Å². The summed E-state index contributed by atoms with van der Waals surface area (Å²) < 4.78 is 6.33. The minimum atomic E-state index is -0.293. The number of piperazine rings is 1. The van der Waals surface area contributed by atoms with Gasteiger partial charge in [-0.15, -0.1) is 0 Å². The van der Waals surface area contributed by atoms with Crippen molar-refractivity contribution < 1.29 is 9.53 Å². The van der Waals surface area contributed by atoms with Crippen LogP contribution < -0.4 is 15.5 Å². The number of rotatable bonds is 6. The molecule has 1 amide bonds. The second-order valence-electron chi connectivity index (χ2n) is 10.4. The predicted octanol–water partition coefficient (Wildman–Crippen LogP) is 2.80. The van der Waals surface area contributed by atoms with Gasteiger partial charge in [0.15, 0.2) is 5.65 Å². The normalized spacial score (nSPS) is 19.6. The third-order valence-electron chi connectivity index (χ3n) is 7.61. The van der Waals surface area contributed by atoms with Gasteiger partial charge in [-0.25, -0.2) is 4.79 Å². The lowest BCUT2D eigenvalue weighted by Gasteiger charge is -2.50. The van der Waals surface area contributed by atoms with Gasteiger partial charge in [0.2, 0.25) is 11.9 Å². The number of benzene rings is 1. The lowest BCUT2D eigenvalue weighted by molar-refractivity contribution is 0.0221. The third kappa shape index (κ3) is 4.78. The lowest BCUT2D eigenvalue weighted by Crippen LogP contribution is -2.65. The molecule has 0 spiro atoms. The van der Waals surface area contributed by atoms with Crippen LogP contribution in [0.1, 0.15) is 30.9 Å². The van der Waals surface area contributed by atoms with Crippen molar-refractivity contribution in [3.05, 3.63) is 34.5 Å². The van der Waals surface area contributed by atoms with Gasteiger partial charge >= 0.3 is 6.09 Å². The number of methoxy groups -OCH3 is 1. The van der Waals surface area contributed by atoms with Gasteiger partial charge in [0, 0.05) is 50.8 Å². The van der Waals surface area contributed by atoms with Crippen molar-refractivity contribution in [1.82, 2.24) is 29.4 Å². The standard InChI is InChI=1S/C26H28ClN11O2/c1-15-12-35(19-13-36(14-19)26(39)40-2)5-6-37(15)21-8-16(9-28)7-20(22(21)27)32-24-33-23-17(10-29)11-30-38(23)25(34-24)31-18-3-4-18/h7-8,11,15,18-19H,3-6,12-14H2,1-2H3,(H2,31,32,33,34)/t15-/m0/s1. The van der Waals surface area contributed by atoms with Gasteiger partial charge in [0.1, 0.15) is 11.6 Å². The Labute approximate surface area is 235 Å². The van der Waals surface area contributed by atoms with Gasteiger partial charge in [-0.1, -0.05) is 11.6 Å². The fraction of sp³-hybridized carbons (Fsp3) is 0.462. The summed E-state index contributed by atoms with van der Waals surface area (Å²) >= 11 is 6.96. The first-order valence-electron chi connectivity index (χ1n) is 13.1. The molecule has 13 nitrogen and oxygen atoms in total. The Hall–Kier alpha value is -4.33. The van der Waals surface area contributed by atoms with Crippen LogP contribution in [0.25, 0.3) is 5.65 Å². The highest BCUT2D eigenvalue weighted by Crippen LogP contribution is 2.38. The van der Waals surface area contributed by atoms with Gasteiger partial charge in [-0.2, -0.15) is 30.1 Å². The zero-order chi connectivity index (χ0) is 28.0. The number of fused-ring (bicyclic) bond motifs is 1. The van der Waals surface area contributed by atoms with E-state index in [1.165, 1.54) is 17.8 Å². The highest BCUT2D eigenvalue weighted by atomic mass is 35.5. The molecular weight excluding hydrogens is 534 g/mol. The first-order chi connectivity index (χ1) is 19.4. The van der Waals surface area contributed by atoms with Crippen molar-refractivity contribution in [3.8, 4) is 12.1 Å². The number of hydrogen-bond acceptors (Lipinski definition) is 11. The number of likely N-dealkylation sites (tertiary alicyclic amines) is 1. The molecule has 1 saturated carbocycles. The van der Waals surface area contributed by atoms with Crippen molar-refractivity contribution in [2.45, 2.75) is 37.9 Å². The average molecular weight is 562 g/mol. The molecule has 0 unspecified atom stereocenters. The molecule has 14 heteroatoms. The van der Waals surface area contributed by atoms with Crippen LogP contribution in [0.5, 0.6) is 0 Å². The smallest absolute Gasteiger partial charge is 0.409 e. The zero-order valence-electron chi connectivity index (χ0n) is 22.1. The van der Waals surface area contributed by atoms with Crippen molar-refractivity contribution in [2.75, 3.05) is 55.4 Å². The summed E-state index contributed by atoms with van der Waals surface area (Å²) in [4.78, 5) is 27.2. The molecule has 2 aromatic heterocycles. The average Bonchev–Trinajstić information content (AvgIpc) is 3.65. The summed E-state index contributed by atoms with van der Waals surface area (Å²) in [6.45, 7) is 5.75. The molecule has 3 aromatic rings. The lowest BCUT2D eigenvalue weighted by atomic mass is 10.0. The molecule has 1 atom stereocenters. The van der Waals surface area contributed by atoms with Crippen LogP contribution in [0.3, 0.4) is 0 Å². The topological polar surface area (TPSA) is 151 Å². The summed E-state index contributed by atoms with van der Waals surface area (Å²) in [7, 11) is 1.40. The Morgan fingerprint density at radius 1 is 1.15 bits per heavy atom. The number of hydrogen-bond donors (Lipinski definition) is 2. The van der Waals surface area contributed by atoms with E-state index in [9.17, 15) is 15.3 Å². The summed E-state index contributed by atoms with van der Waals surface area (Å²) in [6.07, 6.45) is 3.25. The first-order valence-corrected chi connectivity index (χ1v) is 13.5. The number of aromatic nitrogens is 4. The Kier molecular flexibility index (Phi) is 6.70. The summed E-state index contributed by atoms with van der Waals surface area (Å²) in [5.74, 6) is 0.726. The van der Waals surface area contributed by atoms with Gasteiger partial charge in [-0.3, -0.25) is 4.90 Å². The van der Waals surface area contributed by atoms with E-state index < -0.39 is 0 Å². The minimum absolute atomic E-state index is 0.118. The van der Waals surface area contributed by atoms with Crippen molar-refractivity contribution in [1.29, 1.82) is 10.5 Å². The molecule has 0 radical (unpaired) electrons. The third-order valence-corrected chi connectivity index (χ3v) is 8.01. The molecule has 6 rings (SSSR count). The highest BCUT2D eigenvalue weighted by Gasteiger charge is 2.38. The van der Waals surface area contributed by atoms with Crippen LogP contribution in [0, 0.1) is 22.7 Å². The minimum Gasteiger partial charge on any atom is -0.453 e. The maximum atomic E-state index is 11.7. The van der Waals surface area contributed by atoms with E-state index in [1.54, 1.807) is 17.0 Å². The SMILES string of the molecule is COC(=O)N1CC(N2CCN(c3cc(C#N)cc(Nc4nc(NC5CC5)n5ncc(C#N)c5n4)c3Cl)[C@@H](C)C2)C1. The van der Waals surface area contributed by atoms with E-state index in [2.05, 4.69) is 54.6 Å². The molecule has 1 aliphatic carbocycles. The van der Waals surface area contributed by atoms with Crippen LogP contribution in [0.4, 0.5) is 28.1 Å². The van der Waals surface area contributed by atoms with Crippen molar-refractivity contribution in [2.24, 2.45) is 0 Å². The fourth-order valence-corrected chi connectivity index (χ4v) is 5.51. The van der Waals surface area contributed by atoms with Crippen LogP contribution in [-0.4, -0.2) is 93.4 Å². The number of carbonyl (C=O) groups excluding carboxylic acids is 1. The van der Waals surface area contributed by atoms with E-state index in [4.69, 9.17) is 16.3 Å². The van der Waals surface area contributed by atoms with Gasteiger partial charge in [0.05, 0.1) is 41.3 Å². The molecule has 206 valence electrons. The highest BCUT2D eigenvalue weighted by molar-refractivity contribution is 6.36. The van der Waals surface area contributed by atoms with E-state index in [0.717, 1.165) is 31.6 Å². The molecule has 4 heterocycles. The molecule has 2 saturated heterocycles. The van der Waals surface area contributed by atoms with Crippen LogP contribution in [0.2, 0.25) is 5.02 Å². The largest absolute Gasteiger partial charge is 0.453 e. The van der Waals surface area contributed by atoms with Gasteiger partial charge < -0.3 is 25.2 Å². The van der Waals surface area contributed by atoms with Crippen LogP contribution >= 0.6 is 11.6 Å². The summed E-state index contributed by atoms with van der Waals surface area (Å²) in [5.41, 5.74) is 2.40. The molecule has 3 aliphatic rings. The monoisotopic (exact) mass is 561 g/mol. The maximum absolute atomic E-state index is 11.7. The number of halogens is 1. The number of anilines is 4. The van der Waals surface area contributed by atoms with Gasteiger partial charge in [0.25, 0.3) is 0 Å². The molecule has 1 aromatic carbocycles. The fourth-order valence-electron chi connectivity index (χ4n) is 5.25. The predicted molar refractivity (Wildman–Crippen MR) is 148 cm³/mol. The van der Waals surface area contributed by atoms with Crippen molar-refractivity contribution in [3.63, 3.8) is 0 Å². The second kappa shape index (κ2) is 10.3. The zero-order valence-corrected chi connectivity index (χ0v) is 22.9.